The molecule has 4 aromatic rings. The molecule has 2 amide bonds. The Bertz CT molecular complexity index is 1600. The Balaban J connectivity index is 1.78. The lowest BCUT2D eigenvalue weighted by molar-refractivity contribution is -0.120. The first kappa shape index (κ1) is 28.1. The molecule has 0 saturated carbocycles. The summed E-state index contributed by atoms with van der Waals surface area (Å²) in [4.78, 5) is 36.1. The minimum absolute atomic E-state index is 0.267. The van der Waals surface area contributed by atoms with Crippen LogP contribution in [0.15, 0.2) is 72.9 Å². The van der Waals surface area contributed by atoms with Gasteiger partial charge in [-0.05, 0) is 69.5 Å². The summed E-state index contributed by atoms with van der Waals surface area (Å²) in [5.41, 5.74) is 2.83. The average Bonchev–Trinajstić information content (AvgIpc) is 2.94. The predicted molar refractivity (Wildman–Crippen MR) is 156 cm³/mol. The topological polar surface area (TPSA) is 93.7 Å². The molecule has 0 aliphatic rings. The van der Waals surface area contributed by atoms with Crippen LogP contribution in [-0.4, -0.2) is 52.7 Å². The number of nitrogens with zero attached hydrogens (tertiary/aromatic N) is 3. The second-order valence-corrected chi connectivity index (χ2v) is 10.2. The maximum atomic E-state index is 13.3. The van der Waals surface area contributed by atoms with E-state index < -0.39 is 23.6 Å². The van der Waals surface area contributed by atoms with Gasteiger partial charge < -0.3 is 14.8 Å². The molecule has 1 atom stereocenters. The number of pyridine rings is 2. The molecule has 0 bridgehead atoms. The number of anilines is 1. The molecular formula is C32H32N4O4. The molecule has 0 radical (unpaired) electrons. The zero-order valence-corrected chi connectivity index (χ0v) is 23.5. The largest absolute Gasteiger partial charge is 0.493 e. The number of hydrogen-bond donors (Lipinski definition) is 1. The minimum atomic E-state index is -0.831. The molecule has 204 valence electrons. The van der Waals surface area contributed by atoms with Crippen LogP contribution in [0.4, 0.5) is 10.6 Å². The number of likely N-dealkylation sites (N-methyl/N-ethyl adjacent to an activating group) is 1. The molecule has 2 aromatic carbocycles. The van der Waals surface area contributed by atoms with Gasteiger partial charge in [0.15, 0.2) is 11.4 Å². The maximum Gasteiger partial charge on any atom is 0.410 e. The third kappa shape index (κ3) is 6.56. The summed E-state index contributed by atoms with van der Waals surface area (Å²) in [5.74, 6) is 6.54. The summed E-state index contributed by atoms with van der Waals surface area (Å²) < 4.78 is 11.2. The van der Waals surface area contributed by atoms with E-state index in [2.05, 4.69) is 27.1 Å². The summed E-state index contributed by atoms with van der Waals surface area (Å²) in [6.45, 7) is 6.93. The van der Waals surface area contributed by atoms with Crippen molar-refractivity contribution in [1.82, 2.24) is 14.9 Å². The molecule has 0 aliphatic carbocycles. The van der Waals surface area contributed by atoms with Gasteiger partial charge in [-0.1, -0.05) is 42.3 Å². The van der Waals surface area contributed by atoms with Crippen molar-refractivity contribution >= 4 is 28.7 Å². The summed E-state index contributed by atoms with van der Waals surface area (Å²) in [6.07, 6.45) is 1.14. The number of rotatable bonds is 5. The van der Waals surface area contributed by atoms with Crippen LogP contribution >= 0.6 is 0 Å². The monoisotopic (exact) mass is 536 g/mol. The van der Waals surface area contributed by atoms with E-state index >= 15 is 0 Å². The Kier molecular flexibility index (Phi) is 8.34. The number of fused-ring (bicyclic) bond motifs is 1. The fourth-order valence-corrected chi connectivity index (χ4v) is 3.98. The van der Waals surface area contributed by atoms with Crippen molar-refractivity contribution in [1.29, 1.82) is 0 Å². The highest BCUT2D eigenvalue weighted by Crippen LogP contribution is 2.37. The number of ether oxygens (including phenoxy) is 2. The van der Waals surface area contributed by atoms with Gasteiger partial charge in [0.1, 0.15) is 17.5 Å². The van der Waals surface area contributed by atoms with Crippen molar-refractivity contribution in [2.75, 3.05) is 19.5 Å². The summed E-state index contributed by atoms with van der Waals surface area (Å²) >= 11 is 0. The molecule has 1 N–H and O–H groups in total. The van der Waals surface area contributed by atoms with Crippen LogP contribution in [0, 0.1) is 11.8 Å². The third-order valence-electron chi connectivity index (χ3n) is 6.11. The second-order valence-electron chi connectivity index (χ2n) is 10.2. The van der Waals surface area contributed by atoms with Crippen LogP contribution in [0.3, 0.4) is 0 Å². The maximum absolute atomic E-state index is 13.3. The van der Waals surface area contributed by atoms with E-state index in [0.29, 0.717) is 17.0 Å². The van der Waals surface area contributed by atoms with Gasteiger partial charge in [0.2, 0.25) is 5.91 Å². The van der Waals surface area contributed by atoms with Crippen molar-refractivity contribution < 1.29 is 19.1 Å². The van der Waals surface area contributed by atoms with Crippen molar-refractivity contribution in [2.24, 2.45) is 0 Å². The molecule has 2 heterocycles. The highest BCUT2D eigenvalue weighted by atomic mass is 16.6. The van der Waals surface area contributed by atoms with E-state index in [-0.39, 0.29) is 5.82 Å². The Morgan fingerprint density at radius 3 is 2.42 bits per heavy atom. The van der Waals surface area contributed by atoms with Crippen molar-refractivity contribution in [2.45, 2.75) is 39.3 Å². The first-order chi connectivity index (χ1) is 19.1. The van der Waals surface area contributed by atoms with Crippen LogP contribution in [0.1, 0.15) is 39.0 Å². The van der Waals surface area contributed by atoms with Gasteiger partial charge in [0.05, 0.1) is 12.6 Å². The Morgan fingerprint density at radius 1 is 0.975 bits per heavy atom. The van der Waals surface area contributed by atoms with E-state index in [1.807, 2.05) is 60.7 Å². The predicted octanol–water partition coefficient (Wildman–Crippen LogP) is 5.90. The van der Waals surface area contributed by atoms with Crippen molar-refractivity contribution in [3.63, 3.8) is 0 Å². The van der Waals surface area contributed by atoms with E-state index in [1.165, 1.54) is 11.9 Å². The van der Waals surface area contributed by atoms with Crippen LogP contribution < -0.4 is 10.1 Å². The number of hydrogen-bond acceptors (Lipinski definition) is 6. The fraction of sp³-hybridized carbons (Fsp3) is 0.250. The molecule has 40 heavy (non-hydrogen) atoms. The normalized spacial score (nSPS) is 11.7. The number of carbonyl (C=O) groups excluding carboxylic acids is 2. The van der Waals surface area contributed by atoms with Gasteiger partial charge in [0.25, 0.3) is 0 Å². The molecule has 4 rings (SSSR count). The standard InChI is InChI=1S/C32H32N4O4/c1-21(36(5)31(38)40-32(2,3)4)30(37)35-28-20-25(23-14-10-16-26-24(23)15-11-19-33-26)29(39-6)27(34-28)18-17-22-12-8-7-9-13-22/h7-16,19-21H,1-6H3,(H,34,35,37). The first-order valence-corrected chi connectivity index (χ1v) is 12.8. The molecular weight excluding hydrogens is 504 g/mol. The third-order valence-corrected chi connectivity index (χ3v) is 6.11. The van der Waals surface area contributed by atoms with E-state index in [1.54, 1.807) is 47.1 Å². The molecule has 0 aliphatic heterocycles. The van der Waals surface area contributed by atoms with Crippen molar-refractivity contribution in [3.8, 4) is 28.7 Å². The Morgan fingerprint density at radius 2 is 1.73 bits per heavy atom. The zero-order valence-electron chi connectivity index (χ0n) is 23.5. The van der Waals surface area contributed by atoms with Gasteiger partial charge in [-0.15, -0.1) is 0 Å². The fourth-order valence-electron chi connectivity index (χ4n) is 3.98. The van der Waals surface area contributed by atoms with Crippen LogP contribution in [-0.2, 0) is 9.53 Å². The minimum Gasteiger partial charge on any atom is -0.493 e. The molecule has 0 fully saturated rings. The van der Waals surface area contributed by atoms with Crippen LogP contribution in [0.5, 0.6) is 5.75 Å². The number of benzene rings is 2. The quantitative estimate of drug-likeness (QED) is 0.319. The Labute approximate surface area is 234 Å². The number of methoxy groups -OCH3 is 1. The number of nitrogens with one attached hydrogen (secondary N) is 1. The highest BCUT2D eigenvalue weighted by Gasteiger charge is 2.27. The van der Waals surface area contributed by atoms with Crippen molar-refractivity contribution in [3.05, 3.63) is 84.2 Å². The van der Waals surface area contributed by atoms with E-state index in [9.17, 15) is 9.59 Å². The van der Waals surface area contributed by atoms with Gasteiger partial charge in [-0.25, -0.2) is 9.78 Å². The van der Waals surface area contributed by atoms with Gasteiger partial charge in [-0.2, -0.15) is 0 Å². The Hall–Kier alpha value is -4.90. The van der Waals surface area contributed by atoms with E-state index in [4.69, 9.17) is 9.47 Å². The lowest BCUT2D eigenvalue weighted by Crippen LogP contribution is -2.45. The molecule has 2 aromatic heterocycles. The number of amides is 2. The summed E-state index contributed by atoms with van der Waals surface area (Å²) in [7, 11) is 3.08. The smallest absolute Gasteiger partial charge is 0.410 e. The summed E-state index contributed by atoms with van der Waals surface area (Å²) in [6, 6.07) is 20.1. The van der Waals surface area contributed by atoms with Gasteiger partial charge >= 0.3 is 6.09 Å². The highest BCUT2D eigenvalue weighted by molar-refractivity contribution is 5.99. The lowest BCUT2D eigenvalue weighted by Gasteiger charge is -2.28. The van der Waals surface area contributed by atoms with E-state index in [0.717, 1.165) is 22.0 Å². The number of aromatic nitrogens is 2. The molecule has 1 unspecified atom stereocenters. The second kappa shape index (κ2) is 11.9. The van der Waals surface area contributed by atoms with Gasteiger partial charge in [0, 0.05) is 29.8 Å². The van der Waals surface area contributed by atoms with Gasteiger partial charge in [-0.3, -0.25) is 14.7 Å². The molecule has 8 heteroatoms. The first-order valence-electron chi connectivity index (χ1n) is 12.8. The molecule has 0 spiro atoms. The van der Waals surface area contributed by atoms with Crippen LogP contribution in [0.25, 0.3) is 22.0 Å². The average molecular weight is 537 g/mol. The van der Waals surface area contributed by atoms with Crippen LogP contribution in [0.2, 0.25) is 0 Å². The zero-order chi connectivity index (χ0) is 28.9. The summed E-state index contributed by atoms with van der Waals surface area (Å²) in [5, 5.41) is 3.76. The SMILES string of the molecule is COc1c(-c2cccc3ncccc23)cc(NC(=O)C(C)N(C)C(=O)OC(C)(C)C)nc1C#Cc1ccccc1. The lowest BCUT2D eigenvalue weighted by atomic mass is 9.99. The number of carbonyl (C=O) groups is 2. The molecule has 0 saturated heterocycles. The molecule has 8 nitrogen and oxygen atoms in total.